The van der Waals surface area contributed by atoms with Crippen LogP contribution in [0.1, 0.15) is 61.8 Å². The number of carbonyl (C=O) groups is 2. The third kappa shape index (κ3) is 3.80. The van der Waals surface area contributed by atoms with Crippen molar-refractivity contribution in [1.29, 1.82) is 0 Å². The number of anilines is 1. The van der Waals surface area contributed by atoms with Gasteiger partial charge < -0.3 is 4.90 Å². The van der Waals surface area contributed by atoms with Crippen LogP contribution in [0.2, 0.25) is 0 Å². The van der Waals surface area contributed by atoms with Crippen molar-refractivity contribution in [2.24, 2.45) is 5.92 Å². The van der Waals surface area contributed by atoms with Crippen LogP contribution in [0, 0.1) is 18.7 Å². The van der Waals surface area contributed by atoms with E-state index in [0.717, 1.165) is 24.1 Å². The molecule has 0 saturated carbocycles. The van der Waals surface area contributed by atoms with E-state index in [2.05, 4.69) is 0 Å². The van der Waals surface area contributed by atoms with E-state index in [0.29, 0.717) is 36.6 Å². The molecule has 4 rings (SSSR count). The molecule has 30 heavy (non-hydrogen) atoms. The molecule has 6 nitrogen and oxygen atoms in total. The zero-order valence-corrected chi connectivity index (χ0v) is 17.7. The van der Waals surface area contributed by atoms with Crippen LogP contribution in [0.15, 0.2) is 24.3 Å². The molecule has 2 aromatic rings. The molecule has 3 heterocycles. The van der Waals surface area contributed by atoms with Crippen molar-refractivity contribution >= 4 is 17.6 Å². The Labute approximate surface area is 176 Å². The molecule has 1 atom stereocenters. The molecule has 158 valence electrons. The molecule has 2 amide bonds. The highest BCUT2D eigenvalue weighted by molar-refractivity contribution is 5.95. The predicted octanol–water partition coefficient (Wildman–Crippen LogP) is 3.72. The number of likely N-dealkylation sites (tertiary alicyclic amines) is 1. The van der Waals surface area contributed by atoms with Crippen LogP contribution in [0.5, 0.6) is 0 Å². The van der Waals surface area contributed by atoms with Crippen LogP contribution in [-0.2, 0) is 22.6 Å². The predicted molar refractivity (Wildman–Crippen MR) is 111 cm³/mol. The fraction of sp³-hybridized carbons (Fsp3) is 0.478. The van der Waals surface area contributed by atoms with Crippen LogP contribution in [0.25, 0.3) is 0 Å². The highest BCUT2D eigenvalue weighted by Gasteiger charge is 2.35. The first-order valence-electron chi connectivity index (χ1n) is 10.6. The number of nitrogens with zero attached hydrogens (tertiary/aromatic N) is 4. The first kappa shape index (κ1) is 20.4. The van der Waals surface area contributed by atoms with Crippen molar-refractivity contribution < 1.29 is 14.0 Å². The quantitative estimate of drug-likeness (QED) is 0.771. The number of hydrogen-bond acceptors (Lipinski definition) is 4. The van der Waals surface area contributed by atoms with Gasteiger partial charge in [-0.05, 0) is 43.9 Å². The Morgan fingerprint density at radius 3 is 2.80 bits per heavy atom. The fourth-order valence-electron chi connectivity index (χ4n) is 4.36. The highest BCUT2D eigenvalue weighted by Crippen LogP contribution is 2.35. The molecule has 1 aromatic carbocycles. The standard InChI is InChI=1S/C23H27FN4O2/c1-14(2)23(30)27-11-5-8-19(27)21-25-15(3)18-9-10-20(29)28(22(18)26-21)13-16-6-4-7-17(24)12-16/h4,6-7,12,14,19H,5,8-11,13H2,1-3H3/t19-/m1/s1. The van der Waals surface area contributed by atoms with Crippen LogP contribution < -0.4 is 4.90 Å². The van der Waals surface area contributed by atoms with Gasteiger partial charge in [0.1, 0.15) is 11.6 Å². The molecule has 0 unspecified atom stereocenters. The smallest absolute Gasteiger partial charge is 0.228 e. The topological polar surface area (TPSA) is 66.4 Å². The zero-order chi connectivity index (χ0) is 21.4. The summed E-state index contributed by atoms with van der Waals surface area (Å²) < 4.78 is 13.7. The van der Waals surface area contributed by atoms with Crippen LogP contribution >= 0.6 is 0 Å². The summed E-state index contributed by atoms with van der Waals surface area (Å²) in [6, 6.07) is 6.11. The van der Waals surface area contributed by atoms with Crippen molar-refractivity contribution in [3.63, 3.8) is 0 Å². The Kier molecular flexibility index (Phi) is 5.54. The normalized spacial score (nSPS) is 18.8. The van der Waals surface area contributed by atoms with Gasteiger partial charge in [-0.25, -0.2) is 14.4 Å². The lowest BCUT2D eigenvalue weighted by atomic mass is 10.0. The van der Waals surface area contributed by atoms with Crippen molar-refractivity contribution in [3.05, 3.63) is 52.7 Å². The van der Waals surface area contributed by atoms with E-state index < -0.39 is 0 Å². The number of amides is 2. The largest absolute Gasteiger partial charge is 0.332 e. The van der Waals surface area contributed by atoms with Gasteiger partial charge >= 0.3 is 0 Å². The molecule has 1 aromatic heterocycles. The molecule has 2 aliphatic rings. The summed E-state index contributed by atoms with van der Waals surface area (Å²) in [6.07, 6.45) is 2.70. The van der Waals surface area contributed by atoms with Gasteiger partial charge in [0.05, 0.1) is 12.6 Å². The van der Waals surface area contributed by atoms with Gasteiger partial charge in [-0.2, -0.15) is 0 Å². The first-order chi connectivity index (χ1) is 14.3. The minimum Gasteiger partial charge on any atom is -0.332 e. The lowest BCUT2D eigenvalue weighted by Gasteiger charge is -2.31. The second-order valence-corrected chi connectivity index (χ2v) is 8.42. The Morgan fingerprint density at radius 1 is 1.27 bits per heavy atom. The molecule has 1 saturated heterocycles. The second kappa shape index (κ2) is 8.13. The average Bonchev–Trinajstić information content (AvgIpc) is 3.19. The maximum atomic E-state index is 13.7. The SMILES string of the molecule is Cc1nc([C@H]2CCCN2C(=O)C(C)C)nc2c1CCC(=O)N2Cc1cccc(F)c1. The number of carbonyl (C=O) groups excluding carboxylic acids is 2. The number of aryl methyl sites for hydroxylation is 1. The van der Waals surface area contributed by atoms with Crippen molar-refractivity contribution in [2.75, 3.05) is 11.4 Å². The van der Waals surface area contributed by atoms with Crippen molar-refractivity contribution in [2.45, 2.75) is 59.0 Å². The zero-order valence-electron chi connectivity index (χ0n) is 17.7. The van der Waals surface area contributed by atoms with Crippen LogP contribution in [-0.4, -0.2) is 33.2 Å². The monoisotopic (exact) mass is 410 g/mol. The van der Waals surface area contributed by atoms with Crippen LogP contribution in [0.4, 0.5) is 10.2 Å². The van der Waals surface area contributed by atoms with Gasteiger partial charge in [0.2, 0.25) is 11.8 Å². The molecule has 0 radical (unpaired) electrons. The lowest BCUT2D eigenvalue weighted by molar-refractivity contribution is -0.135. The first-order valence-corrected chi connectivity index (χ1v) is 10.6. The molecule has 1 fully saturated rings. The average molecular weight is 410 g/mol. The Balaban J connectivity index is 1.71. The van der Waals surface area contributed by atoms with Crippen molar-refractivity contribution in [1.82, 2.24) is 14.9 Å². The second-order valence-electron chi connectivity index (χ2n) is 8.42. The summed E-state index contributed by atoms with van der Waals surface area (Å²) in [7, 11) is 0. The molecular weight excluding hydrogens is 383 g/mol. The molecule has 7 heteroatoms. The summed E-state index contributed by atoms with van der Waals surface area (Å²) in [5.74, 6) is 0.848. The number of rotatable bonds is 4. The molecular formula is C23H27FN4O2. The summed E-state index contributed by atoms with van der Waals surface area (Å²) in [6.45, 7) is 6.70. The van der Waals surface area contributed by atoms with E-state index in [1.807, 2.05) is 25.7 Å². The number of aromatic nitrogens is 2. The van der Waals surface area contributed by atoms with E-state index in [1.165, 1.54) is 12.1 Å². The Morgan fingerprint density at radius 2 is 2.07 bits per heavy atom. The molecule has 0 aliphatic carbocycles. The van der Waals surface area contributed by atoms with Crippen LogP contribution in [0.3, 0.4) is 0 Å². The summed E-state index contributed by atoms with van der Waals surface area (Å²) in [5.41, 5.74) is 2.51. The molecule has 0 spiro atoms. The number of halogens is 1. The summed E-state index contributed by atoms with van der Waals surface area (Å²) >= 11 is 0. The van der Waals surface area contributed by atoms with Gasteiger partial charge in [-0.3, -0.25) is 14.5 Å². The number of hydrogen-bond donors (Lipinski definition) is 0. The maximum absolute atomic E-state index is 13.7. The summed E-state index contributed by atoms with van der Waals surface area (Å²) in [4.78, 5) is 38.5. The number of fused-ring (bicyclic) bond motifs is 1. The van der Waals surface area contributed by atoms with E-state index in [-0.39, 0.29) is 36.1 Å². The van der Waals surface area contributed by atoms with E-state index >= 15 is 0 Å². The lowest BCUT2D eigenvalue weighted by Crippen LogP contribution is -2.38. The molecule has 0 N–H and O–H groups in total. The van der Waals surface area contributed by atoms with Gasteiger partial charge in [-0.15, -0.1) is 0 Å². The summed E-state index contributed by atoms with van der Waals surface area (Å²) in [5, 5.41) is 0. The van der Waals surface area contributed by atoms with Gasteiger partial charge in [0, 0.05) is 30.1 Å². The number of benzene rings is 1. The van der Waals surface area contributed by atoms with E-state index in [4.69, 9.17) is 9.97 Å². The fourth-order valence-corrected chi connectivity index (χ4v) is 4.36. The highest BCUT2D eigenvalue weighted by atomic mass is 19.1. The third-order valence-electron chi connectivity index (χ3n) is 5.91. The van der Waals surface area contributed by atoms with E-state index in [9.17, 15) is 14.0 Å². The van der Waals surface area contributed by atoms with Gasteiger partial charge in [-0.1, -0.05) is 26.0 Å². The van der Waals surface area contributed by atoms with E-state index in [1.54, 1.807) is 17.0 Å². The van der Waals surface area contributed by atoms with Gasteiger partial charge in [0.25, 0.3) is 0 Å². The van der Waals surface area contributed by atoms with Crippen molar-refractivity contribution in [3.8, 4) is 0 Å². The minimum absolute atomic E-state index is 0.0302. The minimum atomic E-state index is -0.328. The molecule has 2 aliphatic heterocycles. The Bertz CT molecular complexity index is 991. The maximum Gasteiger partial charge on any atom is 0.228 e. The van der Waals surface area contributed by atoms with Gasteiger partial charge in [0.15, 0.2) is 5.82 Å². The third-order valence-corrected chi connectivity index (χ3v) is 5.91. The Hall–Kier alpha value is -2.83. The molecule has 0 bridgehead atoms.